The average Bonchev–Trinajstić information content (AvgIpc) is 2.19. The van der Waals surface area contributed by atoms with Crippen LogP contribution in [0.25, 0.3) is 0 Å². The number of rotatable bonds is 4. The molecule has 0 radical (unpaired) electrons. The van der Waals surface area contributed by atoms with Crippen molar-refractivity contribution < 1.29 is 14.3 Å². The molecule has 0 heterocycles. The Labute approximate surface area is 91.9 Å². The van der Waals surface area contributed by atoms with E-state index in [1.54, 1.807) is 6.92 Å². The smallest absolute Gasteiger partial charge is 0.308 e. The highest BCUT2D eigenvalue weighted by Crippen LogP contribution is 2.19. The molecule has 0 saturated carbocycles. The van der Waals surface area contributed by atoms with E-state index >= 15 is 0 Å². The summed E-state index contributed by atoms with van der Waals surface area (Å²) in [6, 6.07) is 4.16. The minimum Gasteiger partial charge on any atom is -0.481 e. The average molecular weight is 232 g/mol. The van der Waals surface area contributed by atoms with Crippen LogP contribution in [0.15, 0.2) is 18.2 Å². The third-order valence-electron chi connectivity index (χ3n) is 1.95. The van der Waals surface area contributed by atoms with Gasteiger partial charge in [-0.1, -0.05) is 18.5 Å². The number of hydrogen-bond donors (Lipinski definition) is 2. The summed E-state index contributed by atoms with van der Waals surface area (Å²) in [5.41, 5.74) is 0.606. The van der Waals surface area contributed by atoms with E-state index in [1.807, 2.05) is 0 Å². The minimum atomic E-state index is -0.879. The predicted octanol–water partition coefficient (Wildman–Crippen LogP) is 2.61. The molecule has 0 fully saturated rings. The first-order chi connectivity index (χ1) is 7.00. The first-order valence-electron chi connectivity index (χ1n) is 4.42. The molecule has 2 N–H and O–H groups in total. The highest BCUT2D eigenvalue weighted by atomic mass is 35.5. The molecule has 5 heteroatoms. The van der Waals surface area contributed by atoms with E-state index in [-0.39, 0.29) is 11.6 Å². The van der Waals surface area contributed by atoms with E-state index in [0.29, 0.717) is 5.69 Å². The summed E-state index contributed by atoms with van der Waals surface area (Å²) < 4.78 is 12.8. The molecule has 0 aromatic heterocycles. The monoisotopic (exact) mass is 231 g/mol. The molecule has 0 aliphatic heterocycles. The van der Waals surface area contributed by atoms with Crippen molar-refractivity contribution in [3.05, 3.63) is 29.0 Å². The van der Waals surface area contributed by atoms with Gasteiger partial charge in [0.1, 0.15) is 5.82 Å². The van der Waals surface area contributed by atoms with Crippen LogP contribution in [0.1, 0.15) is 6.92 Å². The van der Waals surface area contributed by atoms with Crippen molar-refractivity contribution in [2.45, 2.75) is 6.92 Å². The summed E-state index contributed by atoms with van der Waals surface area (Å²) in [5, 5.41) is 11.5. The molecule has 1 aromatic carbocycles. The van der Waals surface area contributed by atoms with Gasteiger partial charge >= 0.3 is 5.97 Å². The second kappa shape index (κ2) is 4.98. The first kappa shape index (κ1) is 11.8. The number of hydrogen-bond acceptors (Lipinski definition) is 2. The van der Waals surface area contributed by atoms with Crippen LogP contribution in [0.4, 0.5) is 10.1 Å². The molecule has 3 nitrogen and oxygen atoms in total. The summed E-state index contributed by atoms with van der Waals surface area (Å²) in [4.78, 5) is 10.5. The lowest BCUT2D eigenvalue weighted by molar-refractivity contribution is -0.140. The van der Waals surface area contributed by atoms with Crippen LogP contribution in [-0.4, -0.2) is 17.6 Å². The molecule has 0 aliphatic rings. The fourth-order valence-corrected chi connectivity index (χ4v) is 1.14. The zero-order valence-electron chi connectivity index (χ0n) is 8.13. The summed E-state index contributed by atoms with van der Waals surface area (Å²) in [7, 11) is 0. The van der Waals surface area contributed by atoms with Crippen molar-refractivity contribution in [2.24, 2.45) is 5.92 Å². The summed E-state index contributed by atoms with van der Waals surface area (Å²) in [6.07, 6.45) is 0. The van der Waals surface area contributed by atoms with Gasteiger partial charge in [-0.2, -0.15) is 0 Å². The second-order valence-electron chi connectivity index (χ2n) is 3.25. The standard InChI is InChI=1S/C10H11ClFNO2/c1-6(10(14)15)5-13-7-2-3-9(12)8(11)4-7/h2-4,6,13H,5H2,1H3,(H,14,15). The number of carbonyl (C=O) groups is 1. The van der Waals surface area contributed by atoms with Gasteiger partial charge in [-0.05, 0) is 18.2 Å². The van der Waals surface area contributed by atoms with Gasteiger partial charge in [0.15, 0.2) is 0 Å². The molecule has 82 valence electrons. The lowest BCUT2D eigenvalue weighted by atomic mass is 10.2. The van der Waals surface area contributed by atoms with Crippen molar-refractivity contribution in [3.63, 3.8) is 0 Å². The Kier molecular flexibility index (Phi) is 3.91. The van der Waals surface area contributed by atoms with E-state index in [0.717, 1.165) is 0 Å². The van der Waals surface area contributed by atoms with Gasteiger partial charge in [-0.15, -0.1) is 0 Å². The SMILES string of the molecule is CC(CNc1ccc(F)c(Cl)c1)C(=O)O. The molecular formula is C10H11ClFNO2. The lowest BCUT2D eigenvalue weighted by Gasteiger charge is -2.09. The molecule has 0 spiro atoms. The molecule has 1 rings (SSSR count). The Hall–Kier alpha value is -1.29. The van der Waals surface area contributed by atoms with Gasteiger partial charge in [0.05, 0.1) is 10.9 Å². The maximum absolute atomic E-state index is 12.8. The van der Waals surface area contributed by atoms with Crippen LogP contribution < -0.4 is 5.32 Å². The van der Waals surface area contributed by atoms with Crippen molar-refractivity contribution in [3.8, 4) is 0 Å². The van der Waals surface area contributed by atoms with E-state index in [2.05, 4.69) is 5.32 Å². The number of carboxylic acid groups (broad SMARTS) is 1. The number of anilines is 1. The predicted molar refractivity (Wildman–Crippen MR) is 56.7 cm³/mol. The van der Waals surface area contributed by atoms with Crippen LogP contribution in [0, 0.1) is 11.7 Å². The molecule has 1 aromatic rings. The van der Waals surface area contributed by atoms with E-state index < -0.39 is 17.7 Å². The molecule has 1 atom stereocenters. The minimum absolute atomic E-state index is 0.0166. The van der Waals surface area contributed by atoms with Crippen molar-refractivity contribution in [2.75, 3.05) is 11.9 Å². The van der Waals surface area contributed by atoms with E-state index in [1.165, 1.54) is 18.2 Å². The van der Waals surface area contributed by atoms with Gasteiger partial charge in [-0.3, -0.25) is 4.79 Å². The van der Waals surface area contributed by atoms with Gasteiger partial charge in [0, 0.05) is 12.2 Å². The van der Waals surface area contributed by atoms with Gasteiger partial charge < -0.3 is 10.4 Å². The van der Waals surface area contributed by atoms with Gasteiger partial charge in [0.25, 0.3) is 0 Å². The van der Waals surface area contributed by atoms with E-state index in [4.69, 9.17) is 16.7 Å². The van der Waals surface area contributed by atoms with Crippen LogP contribution in [-0.2, 0) is 4.79 Å². The summed E-state index contributed by atoms with van der Waals surface area (Å²) in [6.45, 7) is 1.86. The quantitative estimate of drug-likeness (QED) is 0.838. The second-order valence-corrected chi connectivity index (χ2v) is 3.66. The topological polar surface area (TPSA) is 49.3 Å². The number of aliphatic carboxylic acids is 1. The zero-order valence-corrected chi connectivity index (χ0v) is 8.88. The highest BCUT2D eigenvalue weighted by Gasteiger charge is 2.10. The fraction of sp³-hybridized carbons (Fsp3) is 0.300. The van der Waals surface area contributed by atoms with E-state index in [9.17, 15) is 9.18 Å². The highest BCUT2D eigenvalue weighted by molar-refractivity contribution is 6.31. The largest absolute Gasteiger partial charge is 0.481 e. The van der Waals surface area contributed by atoms with Crippen molar-refractivity contribution in [1.29, 1.82) is 0 Å². The third-order valence-corrected chi connectivity index (χ3v) is 2.24. The number of benzene rings is 1. The Morgan fingerprint density at radius 1 is 1.67 bits per heavy atom. The normalized spacial score (nSPS) is 12.2. The van der Waals surface area contributed by atoms with Crippen molar-refractivity contribution >= 4 is 23.3 Å². The Morgan fingerprint density at radius 3 is 2.87 bits per heavy atom. The summed E-state index contributed by atoms with van der Waals surface area (Å²) in [5.74, 6) is -1.88. The first-order valence-corrected chi connectivity index (χ1v) is 4.80. The Bertz CT molecular complexity index is 370. The van der Waals surface area contributed by atoms with Crippen LogP contribution >= 0.6 is 11.6 Å². The fourth-order valence-electron chi connectivity index (χ4n) is 0.964. The third kappa shape index (κ3) is 3.40. The van der Waals surface area contributed by atoms with Crippen LogP contribution in [0.2, 0.25) is 5.02 Å². The maximum atomic E-state index is 12.8. The number of nitrogens with one attached hydrogen (secondary N) is 1. The lowest BCUT2D eigenvalue weighted by Crippen LogP contribution is -2.19. The zero-order chi connectivity index (χ0) is 11.4. The molecular weight excluding hydrogens is 221 g/mol. The molecule has 0 amide bonds. The molecule has 0 saturated heterocycles. The Balaban J connectivity index is 2.58. The van der Waals surface area contributed by atoms with Crippen LogP contribution in [0.3, 0.4) is 0 Å². The van der Waals surface area contributed by atoms with Crippen molar-refractivity contribution in [1.82, 2.24) is 0 Å². The maximum Gasteiger partial charge on any atom is 0.308 e. The van der Waals surface area contributed by atoms with Gasteiger partial charge in [-0.25, -0.2) is 4.39 Å². The molecule has 1 unspecified atom stereocenters. The number of carboxylic acids is 1. The molecule has 0 bridgehead atoms. The molecule has 0 aliphatic carbocycles. The molecule has 15 heavy (non-hydrogen) atoms. The summed E-state index contributed by atoms with van der Waals surface area (Å²) >= 11 is 5.56. The number of halogens is 2. The van der Waals surface area contributed by atoms with Crippen LogP contribution in [0.5, 0.6) is 0 Å². The Morgan fingerprint density at radius 2 is 2.33 bits per heavy atom. The van der Waals surface area contributed by atoms with Gasteiger partial charge in [0.2, 0.25) is 0 Å².